The van der Waals surface area contributed by atoms with Crippen LogP contribution >= 0.6 is 11.6 Å². The van der Waals surface area contributed by atoms with Gasteiger partial charge >= 0.3 is 0 Å². The van der Waals surface area contributed by atoms with Gasteiger partial charge in [0.15, 0.2) is 6.61 Å². The Hall–Kier alpha value is -3.14. The van der Waals surface area contributed by atoms with Gasteiger partial charge in [0, 0.05) is 56.9 Å². The van der Waals surface area contributed by atoms with Gasteiger partial charge in [-0.2, -0.15) is 0 Å². The van der Waals surface area contributed by atoms with E-state index in [1.165, 1.54) is 12.8 Å². The number of halogens is 2. The Morgan fingerprint density at radius 1 is 1.02 bits per heavy atom. The molecule has 0 radical (unpaired) electrons. The lowest BCUT2D eigenvalue weighted by Gasteiger charge is -2.38. The minimum atomic E-state index is -0.557. The summed E-state index contributed by atoms with van der Waals surface area (Å²) in [6.07, 6.45) is 5.50. The number of carbonyl (C=O) groups excluding carboxylic acids is 1. The van der Waals surface area contributed by atoms with E-state index >= 15 is 4.39 Å². The first-order valence-electron chi connectivity index (χ1n) is 16.2. The first-order valence-corrected chi connectivity index (χ1v) is 16.5. The average molecular weight is 620 g/mol. The molecule has 8 rings (SSSR count). The fraction of sp³-hybridized carbons (Fsp3) is 0.529. The second-order valence-corrected chi connectivity index (χ2v) is 13.4. The number of fused-ring (bicyclic) bond motifs is 3. The molecule has 1 unspecified atom stereocenters. The van der Waals surface area contributed by atoms with Gasteiger partial charge in [0.2, 0.25) is 0 Å². The Morgan fingerprint density at radius 2 is 1.86 bits per heavy atom. The average Bonchev–Trinajstić information content (AvgIpc) is 3.98. The fourth-order valence-corrected chi connectivity index (χ4v) is 7.37. The molecule has 1 aromatic heterocycles. The molecule has 0 N–H and O–H groups in total. The van der Waals surface area contributed by atoms with Crippen molar-refractivity contribution in [2.45, 2.75) is 57.2 Å². The van der Waals surface area contributed by atoms with Gasteiger partial charge in [0.1, 0.15) is 23.4 Å². The summed E-state index contributed by atoms with van der Waals surface area (Å²) in [6.45, 7) is 6.93. The number of aromatic nitrogens is 2. The number of amides is 1. The number of hydrogen-bond acceptors (Lipinski definition) is 6. The Morgan fingerprint density at radius 3 is 2.61 bits per heavy atom. The summed E-state index contributed by atoms with van der Waals surface area (Å²) in [4.78, 5) is 25.5. The van der Waals surface area contributed by atoms with Crippen LogP contribution in [-0.2, 0) is 29.0 Å². The predicted molar refractivity (Wildman–Crippen MR) is 166 cm³/mol. The van der Waals surface area contributed by atoms with Crippen LogP contribution in [0.1, 0.15) is 66.0 Å². The molecule has 4 heterocycles. The standard InChI is InChI=1S/C34H39ClFN5O3/c35-27-18-25(39-13-15-43-16-14-39)6-8-30(27)44-21-32(42)41-10-9-29-34(33(41)26-7-5-24(17-28(26)36)23-3-4-23)40-12-11-38(19-22-1-2-22)20-31(40)37-29/h5-8,17-18,22-23,33H,1-4,9-16,19-21H2. The maximum Gasteiger partial charge on any atom is 0.261 e. The van der Waals surface area contributed by atoms with E-state index < -0.39 is 6.04 Å². The molecule has 0 bridgehead atoms. The third-order valence-corrected chi connectivity index (χ3v) is 10.2. The topological polar surface area (TPSA) is 63.1 Å². The van der Waals surface area contributed by atoms with Crippen molar-refractivity contribution in [3.63, 3.8) is 0 Å². The van der Waals surface area contributed by atoms with E-state index in [1.54, 1.807) is 11.0 Å². The Balaban J connectivity index is 1.06. The molecule has 1 atom stereocenters. The summed E-state index contributed by atoms with van der Waals surface area (Å²) < 4.78 is 29.7. The molecule has 1 amide bonds. The van der Waals surface area contributed by atoms with Crippen LogP contribution in [0, 0.1) is 11.7 Å². The van der Waals surface area contributed by atoms with Crippen LogP contribution in [0.2, 0.25) is 5.02 Å². The van der Waals surface area contributed by atoms with Crippen LogP contribution in [0.25, 0.3) is 0 Å². The molecule has 3 fully saturated rings. The van der Waals surface area contributed by atoms with E-state index in [4.69, 9.17) is 26.1 Å². The zero-order chi connectivity index (χ0) is 29.8. The normalized spacial score (nSPS) is 22.1. The lowest BCUT2D eigenvalue weighted by atomic mass is 9.93. The lowest BCUT2D eigenvalue weighted by Crippen LogP contribution is -2.44. The minimum Gasteiger partial charge on any atom is -0.482 e. The number of nitrogens with zero attached hydrogens (tertiary/aromatic N) is 5. The summed E-state index contributed by atoms with van der Waals surface area (Å²) in [5.41, 5.74) is 4.52. The molecule has 3 aliphatic heterocycles. The molecular weight excluding hydrogens is 581 g/mol. The third-order valence-electron chi connectivity index (χ3n) is 9.87. The van der Waals surface area contributed by atoms with E-state index in [-0.39, 0.29) is 18.3 Å². The molecular formula is C34H39ClFN5O3. The second kappa shape index (κ2) is 11.7. The van der Waals surface area contributed by atoms with Crippen molar-refractivity contribution in [2.75, 3.05) is 57.4 Å². The second-order valence-electron chi connectivity index (χ2n) is 13.0. The maximum absolute atomic E-state index is 16.0. The minimum absolute atomic E-state index is 0.180. The highest BCUT2D eigenvalue weighted by Gasteiger charge is 2.40. The van der Waals surface area contributed by atoms with E-state index in [9.17, 15) is 4.79 Å². The first-order chi connectivity index (χ1) is 21.5. The Kier molecular flexibility index (Phi) is 7.51. The molecule has 2 aromatic carbocycles. The number of ether oxygens (including phenoxy) is 2. The Labute approximate surface area is 262 Å². The smallest absolute Gasteiger partial charge is 0.261 e. The number of morpholine rings is 1. The molecule has 2 saturated carbocycles. The molecule has 232 valence electrons. The van der Waals surface area contributed by atoms with Gasteiger partial charge in [-0.3, -0.25) is 9.69 Å². The Bertz CT molecular complexity index is 1560. The predicted octanol–water partition coefficient (Wildman–Crippen LogP) is 5.17. The fourth-order valence-electron chi connectivity index (χ4n) is 7.14. The van der Waals surface area contributed by atoms with Gasteiger partial charge in [-0.25, -0.2) is 9.37 Å². The van der Waals surface area contributed by atoms with Crippen molar-refractivity contribution in [3.05, 3.63) is 75.6 Å². The van der Waals surface area contributed by atoms with Crippen LogP contribution in [0.4, 0.5) is 10.1 Å². The molecule has 5 aliphatic rings. The van der Waals surface area contributed by atoms with Crippen LogP contribution in [0.3, 0.4) is 0 Å². The summed E-state index contributed by atoms with van der Waals surface area (Å²) in [6, 6.07) is 10.7. The van der Waals surface area contributed by atoms with Crippen molar-refractivity contribution in [1.82, 2.24) is 19.4 Å². The van der Waals surface area contributed by atoms with E-state index in [2.05, 4.69) is 14.4 Å². The van der Waals surface area contributed by atoms with Gasteiger partial charge in [0.25, 0.3) is 5.91 Å². The summed E-state index contributed by atoms with van der Waals surface area (Å²) >= 11 is 6.61. The van der Waals surface area contributed by atoms with Crippen molar-refractivity contribution in [2.24, 2.45) is 5.92 Å². The summed E-state index contributed by atoms with van der Waals surface area (Å²) in [5.74, 6) is 2.31. The van der Waals surface area contributed by atoms with E-state index in [1.807, 2.05) is 30.3 Å². The van der Waals surface area contributed by atoms with Crippen molar-refractivity contribution in [1.29, 1.82) is 0 Å². The van der Waals surface area contributed by atoms with Gasteiger partial charge in [-0.15, -0.1) is 0 Å². The number of hydrogen-bond donors (Lipinski definition) is 0. The highest BCUT2D eigenvalue weighted by atomic mass is 35.5. The maximum atomic E-state index is 16.0. The quantitative estimate of drug-likeness (QED) is 0.347. The molecule has 2 aliphatic carbocycles. The lowest BCUT2D eigenvalue weighted by molar-refractivity contribution is -0.135. The van der Waals surface area contributed by atoms with Crippen LogP contribution < -0.4 is 9.64 Å². The SMILES string of the molecule is O=C(COc1ccc(N2CCOCC2)cc1Cl)N1CCc2nc3n(c2C1c1ccc(C2CC2)cc1F)CCN(CC1CC1)C3. The van der Waals surface area contributed by atoms with Crippen LogP contribution in [0.15, 0.2) is 36.4 Å². The molecule has 1 saturated heterocycles. The van der Waals surface area contributed by atoms with Crippen molar-refractivity contribution < 1.29 is 18.7 Å². The molecule has 8 nitrogen and oxygen atoms in total. The van der Waals surface area contributed by atoms with E-state index in [0.29, 0.717) is 48.4 Å². The van der Waals surface area contributed by atoms with E-state index in [0.717, 1.165) is 86.5 Å². The third kappa shape index (κ3) is 5.59. The number of imidazole rings is 1. The molecule has 3 aromatic rings. The summed E-state index contributed by atoms with van der Waals surface area (Å²) in [7, 11) is 0. The zero-order valence-electron chi connectivity index (χ0n) is 25.0. The number of rotatable bonds is 8. The monoisotopic (exact) mass is 619 g/mol. The van der Waals surface area contributed by atoms with Crippen LogP contribution in [-0.4, -0.2) is 77.8 Å². The van der Waals surface area contributed by atoms with Gasteiger partial charge < -0.3 is 23.8 Å². The molecule has 44 heavy (non-hydrogen) atoms. The largest absolute Gasteiger partial charge is 0.482 e. The first kappa shape index (κ1) is 28.3. The molecule has 10 heteroatoms. The van der Waals surface area contributed by atoms with Gasteiger partial charge in [-0.05, 0) is 67.3 Å². The molecule has 0 spiro atoms. The highest BCUT2D eigenvalue weighted by Crippen LogP contribution is 2.43. The van der Waals surface area contributed by atoms with Gasteiger partial charge in [0.05, 0.1) is 36.2 Å². The van der Waals surface area contributed by atoms with Crippen molar-refractivity contribution in [3.8, 4) is 5.75 Å². The number of anilines is 1. The van der Waals surface area contributed by atoms with Crippen molar-refractivity contribution >= 4 is 23.2 Å². The number of carbonyl (C=O) groups is 1. The van der Waals surface area contributed by atoms with Crippen LogP contribution in [0.5, 0.6) is 5.75 Å². The van der Waals surface area contributed by atoms with Gasteiger partial charge in [-0.1, -0.05) is 23.7 Å². The summed E-state index contributed by atoms with van der Waals surface area (Å²) in [5, 5.41) is 0.460. The highest BCUT2D eigenvalue weighted by molar-refractivity contribution is 6.32. The zero-order valence-corrected chi connectivity index (χ0v) is 25.8. The number of benzene rings is 2.